The van der Waals surface area contributed by atoms with Crippen LogP contribution in [0.1, 0.15) is 24.8 Å². The molecule has 0 aromatic heterocycles. The molecule has 0 unspecified atom stereocenters. The number of likely N-dealkylation sites (tertiary alicyclic amines) is 1. The first kappa shape index (κ1) is 11.8. The molecule has 1 aromatic rings. The number of piperidine rings is 1. The Morgan fingerprint density at radius 3 is 2.44 bits per heavy atom. The Hall–Kier alpha value is -0.660. The van der Waals surface area contributed by atoms with Crippen molar-refractivity contribution in [3.63, 3.8) is 0 Å². The molecule has 2 rings (SSSR count). The highest BCUT2D eigenvalue weighted by Crippen LogP contribution is 2.23. The number of benzene rings is 1. The minimum absolute atomic E-state index is 0.608. The first-order valence-corrected chi connectivity index (χ1v) is 6.38. The van der Waals surface area contributed by atoms with Gasteiger partial charge in [0.1, 0.15) is 0 Å². The minimum Gasteiger partial charge on any atom is -0.377 e. The van der Waals surface area contributed by atoms with E-state index in [0.717, 1.165) is 18.7 Å². The maximum atomic E-state index is 5.96. The number of hydrogen-bond donors (Lipinski definition) is 0. The van der Waals surface area contributed by atoms with E-state index in [1.807, 2.05) is 18.2 Å². The van der Waals surface area contributed by atoms with Gasteiger partial charge in [0.2, 0.25) is 0 Å². The summed E-state index contributed by atoms with van der Waals surface area (Å²) in [6.45, 7) is 2.33. The van der Waals surface area contributed by atoms with Crippen molar-refractivity contribution < 1.29 is 0 Å². The van der Waals surface area contributed by atoms with Crippen LogP contribution in [-0.4, -0.2) is 18.0 Å². The Bertz CT molecular complexity index is 382. The lowest BCUT2D eigenvalue weighted by molar-refractivity contribution is 0.311. The first-order valence-electron chi connectivity index (χ1n) is 5.63. The molecule has 0 radical (unpaired) electrons. The Morgan fingerprint density at radius 2 is 1.75 bits per heavy atom. The molecule has 0 N–H and O–H groups in total. The van der Waals surface area contributed by atoms with Crippen LogP contribution in [0.5, 0.6) is 0 Å². The first-order chi connectivity index (χ1) is 7.75. The predicted octanol–water partition coefficient (Wildman–Crippen LogP) is 4.45. The van der Waals surface area contributed by atoms with E-state index in [1.54, 1.807) is 0 Å². The van der Waals surface area contributed by atoms with E-state index >= 15 is 0 Å². The van der Waals surface area contributed by atoms with Gasteiger partial charge in [-0.1, -0.05) is 29.3 Å². The third-order valence-corrected chi connectivity index (χ3v) is 3.55. The van der Waals surface area contributed by atoms with Crippen LogP contribution in [0.25, 0.3) is 6.08 Å². The standard InChI is InChI=1S/C13H15Cl2N/c14-12-5-4-11(10-13(12)15)6-9-16-7-2-1-3-8-16/h4-6,9-10H,1-3,7-8H2/b9-6+. The predicted molar refractivity (Wildman–Crippen MR) is 70.9 cm³/mol. The van der Waals surface area contributed by atoms with Crippen molar-refractivity contribution in [2.75, 3.05) is 13.1 Å². The van der Waals surface area contributed by atoms with Gasteiger partial charge in [0.05, 0.1) is 10.0 Å². The normalized spacial score (nSPS) is 17.0. The zero-order valence-electron chi connectivity index (χ0n) is 9.13. The van der Waals surface area contributed by atoms with Crippen molar-refractivity contribution in [2.24, 2.45) is 0 Å². The van der Waals surface area contributed by atoms with Crippen LogP contribution in [-0.2, 0) is 0 Å². The molecule has 0 bridgehead atoms. The van der Waals surface area contributed by atoms with E-state index in [1.165, 1.54) is 19.3 Å². The molecule has 16 heavy (non-hydrogen) atoms. The second kappa shape index (κ2) is 5.60. The summed E-state index contributed by atoms with van der Waals surface area (Å²) in [7, 11) is 0. The van der Waals surface area contributed by atoms with Crippen LogP contribution in [0.4, 0.5) is 0 Å². The summed E-state index contributed by atoms with van der Waals surface area (Å²) < 4.78 is 0. The van der Waals surface area contributed by atoms with Crippen molar-refractivity contribution in [1.29, 1.82) is 0 Å². The van der Waals surface area contributed by atoms with Crippen molar-refractivity contribution in [1.82, 2.24) is 4.90 Å². The van der Waals surface area contributed by atoms with E-state index in [9.17, 15) is 0 Å². The minimum atomic E-state index is 0.608. The summed E-state index contributed by atoms with van der Waals surface area (Å²) in [5, 5.41) is 1.22. The molecule has 1 aromatic carbocycles. The summed E-state index contributed by atoms with van der Waals surface area (Å²) in [6, 6.07) is 5.71. The number of rotatable bonds is 2. The van der Waals surface area contributed by atoms with Gasteiger partial charge in [0.15, 0.2) is 0 Å². The SMILES string of the molecule is Clc1ccc(/C=C/N2CCCCC2)cc1Cl. The molecule has 0 spiro atoms. The highest BCUT2D eigenvalue weighted by atomic mass is 35.5. The molecule has 0 amide bonds. The Balaban J connectivity index is 2.02. The molecule has 1 nitrogen and oxygen atoms in total. The topological polar surface area (TPSA) is 3.24 Å². The fraction of sp³-hybridized carbons (Fsp3) is 0.385. The van der Waals surface area contributed by atoms with E-state index in [-0.39, 0.29) is 0 Å². The van der Waals surface area contributed by atoms with Gasteiger partial charge < -0.3 is 4.90 Å². The van der Waals surface area contributed by atoms with Crippen LogP contribution in [0.2, 0.25) is 10.0 Å². The monoisotopic (exact) mass is 255 g/mol. The largest absolute Gasteiger partial charge is 0.377 e. The average Bonchev–Trinajstić information content (AvgIpc) is 2.32. The average molecular weight is 256 g/mol. The van der Waals surface area contributed by atoms with E-state index in [2.05, 4.69) is 17.2 Å². The molecule has 3 heteroatoms. The molecule has 1 saturated heterocycles. The maximum Gasteiger partial charge on any atom is 0.0598 e. The van der Waals surface area contributed by atoms with Crippen LogP contribution in [0.15, 0.2) is 24.4 Å². The van der Waals surface area contributed by atoms with Crippen LogP contribution in [0.3, 0.4) is 0 Å². The Kier molecular flexibility index (Phi) is 4.14. The third-order valence-electron chi connectivity index (χ3n) is 2.81. The fourth-order valence-corrected chi connectivity index (χ4v) is 2.18. The van der Waals surface area contributed by atoms with Crippen LogP contribution < -0.4 is 0 Å². The van der Waals surface area contributed by atoms with Crippen LogP contribution >= 0.6 is 23.2 Å². The number of hydrogen-bond acceptors (Lipinski definition) is 1. The number of halogens is 2. The Morgan fingerprint density at radius 1 is 1.00 bits per heavy atom. The molecule has 0 saturated carbocycles. The molecule has 0 aliphatic carbocycles. The van der Waals surface area contributed by atoms with E-state index in [4.69, 9.17) is 23.2 Å². The van der Waals surface area contributed by atoms with Crippen molar-refractivity contribution in [3.8, 4) is 0 Å². The zero-order chi connectivity index (χ0) is 11.4. The van der Waals surface area contributed by atoms with Gasteiger partial charge in [0.25, 0.3) is 0 Å². The van der Waals surface area contributed by atoms with Gasteiger partial charge in [-0.25, -0.2) is 0 Å². The van der Waals surface area contributed by atoms with Crippen molar-refractivity contribution >= 4 is 29.3 Å². The van der Waals surface area contributed by atoms with Gasteiger partial charge in [-0.2, -0.15) is 0 Å². The third kappa shape index (κ3) is 3.16. The van der Waals surface area contributed by atoms with E-state index < -0.39 is 0 Å². The van der Waals surface area contributed by atoms with Gasteiger partial charge in [-0.05, 0) is 49.2 Å². The molecular formula is C13H15Cl2N. The lowest BCUT2D eigenvalue weighted by Gasteiger charge is -2.24. The maximum absolute atomic E-state index is 5.96. The van der Waals surface area contributed by atoms with E-state index in [0.29, 0.717) is 10.0 Å². The molecule has 1 heterocycles. The molecular weight excluding hydrogens is 241 g/mol. The van der Waals surface area contributed by atoms with Gasteiger partial charge in [-0.15, -0.1) is 0 Å². The second-order valence-electron chi connectivity index (χ2n) is 4.09. The van der Waals surface area contributed by atoms with Crippen LogP contribution in [0, 0.1) is 0 Å². The number of nitrogens with zero attached hydrogens (tertiary/aromatic N) is 1. The van der Waals surface area contributed by atoms with Crippen molar-refractivity contribution in [3.05, 3.63) is 40.0 Å². The highest BCUT2D eigenvalue weighted by Gasteiger charge is 2.05. The fourth-order valence-electron chi connectivity index (χ4n) is 1.87. The summed E-state index contributed by atoms with van der Waals surface area (Å²) >= 11 is 11.8. The molecule has 1 aliphatic rings. The smallest absolute Gasteiger partial charge is 0.0598 e. The lowest BCUT2D eigenvalue weighted by Crippen LogP contribution is -2.23. The summed E-state index contributed by atoms with van der Waals surface area (Å²) in [4.78, 5) is 2.35. The molecule has 1 aliphatic heterocycles. The Labute approximate surface area is 107 Å². The highest BCUT2D eigenvalue weighted by molar-refractivity contribution is 6.42. The summed E-state index contributed by atoms with van der Waals surface area (Å²) in [6.07, 6.45) is 8.20. The van der Waals surface area contributed by atoms with Gasteiger partial charge in [0, 0.05) is 13.1 Å². The second-order valence-corrected chi connectivity index (χ2v) is 4.90. The quantitative estimate of drug-likeness (QED) is 0.755. The zero-order valence-corrected chi connectivity index (χ0v) is 10.6. The molecule has 1 fully saturated rings. The summed E-state index contributed by atoms with van der Waals surface area (Å²) in [5.74, 6) is 0. The van der Waals surface area contributed by atoms with Crippen molar-refractivity contribution in [2.45, 2.75) is 19.3 Å². The van der Waals surface area contributed by atoms with Gasteiger partial charge in [-0.3, -0.25) is 0 Å². The molecule has 0 atom stereocenters. The van der Waals surface area contributed by atoms with Gasteiger partial charge >= 0.3 is 0 Å². The molecule has 86 valence electrons. The summed E-state index contributed by atoms with van der Waals surface area (Å²) in [5.41, 5.74) is 1.10. The lowest BCUT2D eigenvalue weighted by atomic mass is 10.1.